The molecular weight excluding hydrogens is 272 g/mol. The number of nitrogen functional groups attached to an aromatic ring is 1. The van der Waals surface area contributed by atoms with Gasteiger partial charge in [0, 0.05) is 18.8 Å². The van der Waals surface area contributed by atoms with E-state index in [0.717, 1.165) is 5.52 Å². The van der Waals surface area contributed by atoms with Gasteiger partial charge < -0.3 is 15.0 Å². The van der Waals surface area contributed by atoms with Crippen LogP contribution in [0.25, 0.3) is 16.6 Å². The summed E-state index contributed by atoms with van der Waals surface area (Å²) in [6.07, 6.45) is 0. The lowest BCUT2D eigenvalue weighted by Crippen LogP contribution is -2.19. The van der Waals surface area contributed by atoms with Crippen LogP contribution in [0.1, 0.15) is 17.4 Å². The zero-order valence-corrected chi connectivity index (χ0v) is 11.7. The molecule has 2 heterocycles. The molecule has 0 amide bonds. The maximum atomic E-state index is 12.5. The van der Waals surface area contributed by atoms with Crippen LogP contribution in [0.2, 0.25) is 0 Å². The van der Waals surface area contributed by atoms with Crippen LogP contribution in [0.15, 0.2) is 29.1 Å². The standard InChI is InChI=1S/C14H14N4O3/c1-3-21-14(20)10-7-12-17(2)11-5-4-8(15)6-9(11)13(19)18(12)16-10/h4-7H,3,15H2,1-2H3. The third kappa shape index (κ3) is 1.94. The molecule has 0 spiro atoms. The van der Waals surface area contributed by atoms with Crippen LogP contribution in [-0.2, 0) is 11.8 Å². The first kappa shape index (κ1) is 13.2. The first-order chi connectivity index (χ1) is 10.0. The largest absolute Gasteiger partial charge is 0.461 e. The lowest BCUT2D eigenvalue weighted by Gasteiger charge is -2.07. The third-order valence-electron chi connectivity index (χ3n) is 3.32. The van der Waals surface area contributed by atoms with Gasteiger partial charge in [-0.25, -0.2) is 4.79 Å². The maximum Gasteiger partial charge on any atom is 0.358 e. The summed E-state index contributed by atoms with van der Waals surface area (Å²) in [5, 5.41) is 4.49. The van der Waals surface area contributed by atoms with Gasteiger partial charge in [-0.15, -0.1) is 0 Å². The van der Waals surface area contributed by atoms with Gasteiger partial charge in [0.05, 0.1) is 17.5 Å². The lowest BCUT2D eigenvalue weighted by atomic mass is 10.2. The molecule has 2 N–H and O–H groups in total. The minimum Gasteiger partial charge on any atom is -0.461 e. The van der Waals surface area contributed by atoms with E-state index >= 15 is 0 Å². The number of hydrogen-bond donors (Lipinski definition) is 1. The Balaban J connectivity index is 2.37. The van der Waals surface area contributed by atoms with Crippen molar-refractivity contribution in [1.29, 1.82) is 0 Å². The highest BCUT2D eigenvalue weighted by molar-refractivity contribution is 5.90. The normalized spacial score (nSPS) is 11.1. The van der Waals surface area contributed by atoms with E-state index in [1.165, 1.54) is 10.6 Å². The maximum absolute atomic E-state index is 12.5. The molecule has 7 heteroatoms. The van der Waals surface area contributed by atoms with Gasteiger partial charge in [0.1, 0.15) is 5.65 Å². The summed E-state index contributed by atoms with van der Waals surface area (Å²) in [7, 11) is 1.80. The zero-order chi connectivity index (χ0) is 15.1. The average molecular weight is 286 g/mol. The van der Waals surface area contributed by atoms with Crippen LogP contribution >= 0.6 is 0 Å². The summed E-state index contributed by atoms with van der Waals surface area (Å²) in [6, 6.07) is 6.63. The van der Waals surface area contributed by atoms with E-state index in [0.29, 0.717) is 16.7 Å². The molecule has 0 unspecified atom stereocenters. The molecule has 7 nitrogen and oxygen atoms in total. The molecule has 0 aliphatic heterocycles. The van der Waals surface area contributed by atoms with Crippen LogP contribution < -0.4 is 11.3 Å². The molecule has 0 radical (unpaired) electrons. The number of carbonyl (C=O) groups excluding carboxylic acids is 1. The molecule has 0 saturated heterocycles. The van der Waals surface area contributed by atoms with Crippen molar-refractivity contribution < 1.29 is 9.53 Å². The SMILES string of the molecule is CCOC(=O)c1cc2n(C)c3ccc(N)cc3c(=O)n2n1. The Morgan fingerprint density at radius 2 is 2.14 bits per heavy atom. The van der Waals surface area contributed by atoms with Gasteiger partial charge in [0.15, 0.2) is 5.69 Å². The highest BCUT2D eigenvalue weighted by Gasteiger charge is 2.16. The lowest BCUT2D eigenvalue weighted by molar-refractivity contribution is 0.0519. The number of hydrogen-bond acceptors (Lipinski definition) is 5. The Morgan fingerprint density at radius 3 is 2.86 bits per heavy atom. The van der Waals surface area contributed by atoms with Gasteiger partial charge in [-0.1, -0.05) is 0 Å². The van der Waals surface area contributed by atoms with Crippen LogP contribution in [0.3, 0.4) is 0 Å². The van der Waals surface area contributed by atoms with Crippen molar-refractivity contribution >= 4 is 28.2 Å². The molecule has 0 atom stereocenters. The number of rotatable bonds is 2. The van der Waals surface area contributed by atoms with E-state index in [4.69, 9.17) is 10.5 Å². The number of aryl methyl sites for hydroxylation is 1. The Morgan fingerprint density at radius 1 is 1.38 bits per heavy atom. The van der Waals surface area contributed by atoms with Crippen molar-refractivity contribution in [3.8, 4) is 0 Å². The Kier molecular flexibility index (Phi) is 2.90. The minimum atomic E-state index is -0.552. The number of nitrogens with two attached hydrogens (primary N) is 1. The number of benzene rings is 1. The molecule has 0 saturated carbocycles. The van der Waals surface area contributed by atoms with Crippen molar-refractivity contribution in [2.45, 2.75) is 6.92 Å². The quantitative estimate of drug-likeness (QED) is 0.559. The number of anilines is 1. The van der Waals surface area contributed by atoms with Crippen molar-refractivity contribution in [3.05, 3.63) is 40.3 Å². The fraction of sp³-hybridized carbons (Fsp3) is 0.214. The molecule has 0 aliphatic rings. The molecular formula is C14H14N4O3. The van der Waals surface area contributed by atoms with Crippen molar-refractivity contribution in [1.82, 2.24) is 14.2 Å². The highest BCUT2D eigenvalue weighted by Crippen LogP contribution is 2.16. The van der Waals surface area contributed by atoms with Crippen LogP contribution in [-0.4, -0.2) is 26.8 Å². The van der Waals surface area contributed by atoms with Gasteiger partial charge >= 0.3 is 5.97 Å². The molecule has 3 rings (SSSR count). The summed E-state index contributed by atoms with van der Waals surface area (Å²) >= 11 is 0. The Bertz CT molecular complexity index is 923. The predicted molar refractivity (Wildman–Crippen MR) is 78.3 cm³/mol. The highest BCUT2D eigenvalue weighted by atomic mass is 16.5. The van der Waals surface area contributed by atoms with Gasteiger partial charge in [-0.2, -0.15) is 9.61 Å². The summed E-state index contributed by atoms with van der Waals surface area (Å²) in [5.41, 5.74) is 7.24. The van der Waals surface area contributed by atoms with E-state index in [1.807, 2.05) is 0 Å². The molecule has 2 aromatic heterocycles. The fourth-order valence-electron chi connectivity index (χ4n) is 2.32. The molecule has 0 aliphatic carbocycles. The van der Waals surface area contributed by atoms with Crippen molar-refractivity contribution in [2.24, 2.45) is 7.05 Å². The number of carbonyl (C=O) groups is 1. The Hall–Kier alpha value is -2.83. The van der Waals surface area contributed by atoms with Gasteiger partial charge in [0.2, 0.25) is 0 Å². The molecule has 0 fully saturated rings. The average Bonchev–Trinajstić information content (AvgIpc) is 2.90. The monoisotopic (exact) mass is 286 g/mol. The number of ether oxygens (including phenoxy) is 1. The molecule has 1 aromatic carbocycles. The fourth-order valence-corrected chi connectivity index (χ4v) is 2.32. The molecule has 108 valence electrons. The number of fused-ring (bicyclic) bond motifs is 2. The molecule has 21 heavy (non-hydrogen) atoms. The second kappa shape index (κ2) is 4.62. The molecule has 3 aromatic rings. The summed E-state index contributed by atoms with van der Waals surface area (Å²) in [6.45, 7) is 1.96. The smallest absolute Gasteiger partial charge is 0.358 e. The van der Waals surface area contributed by atoms with E-state index in [-0.39, 0.29) is 17.9 Å². The summed E-state index contributed by atoms with van der Waals surface area (Å²) in [5.74, 6) is -0.552. The predicted octanol–water partition coefficient (Wildman–Crippen LogP) is 0.945. The number of aromatic nitrogens is 3. The van der Waals surface area contributed by atoms with Crippen LogP contribution in [0.4, 0.5) is 5.69 Å². The second-order valence-electron chi connectivity index (χ2n) is 4.66. The topological polar surface area (TPSA) is 91.6 Å². The minimum absolute atomic E-state index is 0.104. The van der Waals surface area contributed by atoms with E-state index in [9.17, 15) is 9.59 Å². The van der Waals surface area contributed by atoms with Gasteiger partial charge in [-0.05, 0) is 25.1 Å². The van der Waals surface area contributed by atoms with Crippen molar-refractivity contribution in [3.63, 3.8) is 0 Å². The van der Waals surface area contributed by atoms with Gasteiger partial charge in [-0.3, -0.25) is 4.79 Å². The Labute approximate surface area is 119 Å². The number of esters is 1. The zero-order valence-electron chi connectivity index (χ0n) is 11.7. The van der Waals surface area contributed by atoms with Crippen LogP contribution in [0.5, 0.6) is 0 Å². The third-order valence-corrected chi connectivity index (χ3v) is 3.32. The number of nitrogens with zero attached hydrogens (tertiary/aromatic N) is 3. The van der Waals surface area contributed by atoms with E-state index in [2.05, 4.69) is 5.10 Å². The summed E-state index contributed by atoms with van der Waals surface area (Å²) < 4.78 is 7.88. The van der Waals surface area contributed by atoms with E-state index in [1.54, 1.807) is 36.7 Å². The van der Waals surface area contributed by atoms with E-state index < -0.39 is 5.97 Å². The summed E-state index contributed by atoms with van der Waals surface area (Å²) in [4.78, 5) is 24.2. The first-order valence-electron chi connectivity index (χ1n) is 6.48. The second-order valence-corrected chi connectivity index (χ2v) is 4.66. The van der Waals surface area contributed by atoms with Crippen LogP contribution in [0, 0.1) is 0 Å². The van der Waals surface area contributed by atoms with Gasteiger partial charge in [0.25, 0.3) is 5.56 Å². The first-order valence-corrected chi connectivity index (χ1v) is 6.48. The van der Waals surface area contributed by atoms with Crippen molar-refractivity contribution in [2.75, 3.05) is 12.3 Å². The molecule has 0 bridgehead atoms.